The standard InChI is InChI=1S/C15H16N2O/c1-4-14(2,3)15(9-10-16)11-7-5-6-8-12(11)17-13(15)18/h4-8H,1,9H2,2-3H3,(H,17,18)/t15-/m0/s1. The first kappa shape index (κ1) is 12.4. The molecule has 0 radical (unpaired) electrons. The number of anilines is 1. The number of carbonyl (C=O) groups is 1. The van der Waals surface area contributed by atoms with Gasteiger partial charge in [-0.05, 0) is 11.6 Å². The fraction of sp³-hybridized carbons (Fsp3) is 0.333. The molecule has 92 valence electrons. The topological polar surface area (TPSA) is 52.9 Å². The van der Waals surface area contributed by atoms with Gasteiger partial charge in [-0.3, -0.25) is 4.79 Å². The number of carbonyl (C=O) groups excluding carboxylic acids is 1. The zero-order chi connectivity index (χ0) is 13.4. The van der Waals surface area contributed by atoms with Crippen molar-refractivity contribution in [2.75, 3.05) is 5.32 Å². The Morgan fingerprint density at radius 2 is 2.17 bits per heavy atom. The molecule has 0 spiro atoms. The van der Waals surface area contributed by atoms with Crippen LogP contribution in [-0.2, 0) is 10.2 Å². The van der Waals surface area contributed by atoms with Crippen molar-refractivity contribution in [2.24, 2.45) is 5.41 Å². The van der Waals surface area contributed by atoms with Gasteiger partial charge < -0.3 is 5.32 Å². The Morgan fingerprint density at radius 3 is 2.78 bits per heavy atom. The molecule has 1 aliphatic heterocycles. The normalized spacial score (nSPS) is 21.9. The quantitative estimate of drug-likeness (QED) is 0.826. The van der Waals surface area contributed by atoms with Crippen LogP contribution in [0.5, 0.6) is 0 Å². The van der Waals surface area contributed by atoms with Crippen LogP contribution in [0.25, 0.3) is 0 Å². The van der Waals surface area contributed by atoms with Gasteiger partial charge in [-0.1, -0.05) is 38.1 Å². The highest BCUT2D eigenvalue weighted by Crippen LogP contribution is 2.51. The second-order valence-electron chi connectivity index (χ2n) is 5.17. The fourth-order valence-corrected chi connectivity index (χ4v) is 2.65. The van der Waals surface area contributed by atoms with E-state index in [1.54, 1.807) is 6.08 Å². The lowest BCUT2D eigenvalue weighted by Crippen LogP contribution is -2.46. The van der Waals surface area contributed by atoms with Crippen molar-refractivity contribution in [3.8, 4) is 6.07 Å². The van der Waals surface area contributed by atoms with Crippen LogP contribution in [0.2, 0.25) is 0 Å². The van der Waals surface area contributed by atoms with Crippen molar-refractivity contribution in [3.05, 3.63) is 42.5 Å². The average molecular weight is 240 g/mol. The van der Waals surface area contributed by atoms with Crippen LogP contribution in [-0.4, -0.2) is 5.91 Å². The first-order valence-electron chi connectivity index (χ1n) is 5.91. The highest BCUT2D eigenvalue weighted by atomic mass is 16.2. The number of para-hydroxylation sites is 1. The largest absolute Gasteiger partial charge is 0.325 e. The smallest absolute Gasteiger partial charge is 0.237 e. The lowest BCUT2D eigenvalue weighted by Gasteiger charge is -2.39. The van der Waals surface area contributed by atoms with Crippen molar-refractivity contribution in [3.63, 3.8) is 0 Å². The van der Waals surface area contributed by atoms with E-state index in [0.717, 1.165) is 11.3 Å². The predicted molar refractivity (Wildman–Crippen MR) is 71.0 cm³/mol. The van der Waals surface area contributed by atoms with Gasteiger partial charge in [0.05, 0.1) is 17.9 Å². The molecule has 1 N–H and O–H groups in total. The van der Waals surface area contributed by atoms with Crippen LogP contribution in [0.4, 0.5) is 5.69 Å². The molecular formula is C15H16N2O. The van der Waals surface area contributed by atoms with Gasteiger partial charge in [0.25, 0.3) is 0 Å². The lowest BCUT2D eigenvalue weighted by molar-refractivity contribution is -0.123. The number of hydrogen-bond donors (Lipinski definition) is 1. The van der Waals surface area contributed by atoms with E-state index in [0.29, 0.717) is 0 Å². The van der Waals surface area contributed by atoms with Crippen molar-refractivity contribution in [1.29, 1.82) is 5.26 Å². The number of fused-ring (bicyclic) bond motifs is 1. The first-order chi connectivity index (χ1) is 8.49. The molecule has 18 heavy (non-hydrogen) atoms. The minimum absolute atomic E-state index is 0.116. The molecule has 1 aromatic rings. The third-order valence-electron chi connectivity index (χ3n) is 3.98. The lowest BCUT2D eigenvalue weighted by atomic mass is 9.61. The number of allylic oxidation sites excluding steroid dienone is 1. The summed E-state index contributed by atoms with van der Waals surface area (Å²) in [5.41, 5.74) is 0.355. The van der Waals surface area contributed by atoms with Gasteiger partial charge >= 0.3 is 0 Å². The van der Waals surface area contributed by atoms with Gasteiger partial charge in [0.2, 0.25) is 5.91 Å². The van der Waals surface area contributed by atoms with Gasteiger partial charge in [0, 0.05) is 11.1 Å². The zero-order valence-electron chi connectivity index (χ0n) is 10.7. The molecule has 2 rings (SSSR count). The highest BCUT2D eigenvalue weighted by Gasteiger charge is 2.55. The molecule has 0 aliphatic carbocycles. The molecule has 0 saturated heterocycles. The van der Waals surface area contributed by atoms with E-state index in [-0.39, 0.29) is 12.3 Å². The molecule has 0 saturated carbocycles. The molecule has 3 nitrogen and oxygen atoms in total. The van der Waals surface area contributed by atoms with Gasteiger partial charge in [-0.15, -0.1) is 6.58 Å². The van der Waals surface area contributed by atoms with E-state index in [9.17, 15) is 4.79 Å². The van der Waals surface area contributed by atoms with Gasteiger partial charge in [-0.2, -0.15) is 5.26 Å². The maximum absolute atomic E-state index is 12.4. The van der Waals surface area contributed by atoms with E-state index < -0.39 is 10.8 Å². The summed E-state index contributed by atoms with van der Waals surface area (Å²) in [5.74, 6) is -0.116. The molecule has 0 bridgehead atoms. The minimum Gasteiger partial charge on any atom is -0.325 e. The summed E-state index contributed by atoms with van der Waals surface area (Å²) in [6, 6.07) is 9.70. The fourth-order valence-electron chi connectivity index (χ4n) is 2.65. The van der Waals surface area contributed by atoms with Crippen LogP contribution in [0.1, 0.15) is 25.8 Å². The van der Waals surface area contributed by atoms with Crippen LogP contribution in [0.3, 0.4) is 0 Å². The van der Waals surface area contributed by atoms with Gasteiger partial charge in [0.1, 0.15) is 0 Å². The third kappa shape index (κ3) is 1.39. The van der Waals surface area contributed by atoms with Crippen molar-refractivity contribution < 1.29 is 4.79 Å². The Morgan fingerprint density at radius 1 is 1.50 bits per heavy atom. The molecule has 0 unspecified atom stereocenters. The van der Waals surface area contributed by atoms with E-state index in [1.807, 2.05) is 38.1 Å². The Balaban J connectivity index is 2.73. The number of amides is 1. The Labute approximate surface area is 107 Å². The summed E-state index contributed by atoms with van der Waals surface area (Å²) in [7, 11) is 0. The summed E-state index contributed by atoms with van der Waals surface area (Å²) in [4.78, 5) is 12.4. The molecule has 3 heteroatoms. The van der Waals surface area contributed by atoms with Crippen molar-refractivity contribution in [2.45, 2.75) is 25.7 Å². The van der Waals surface area contributed by atoms with E-state index in [4.69, 9.17) is 5.26 Å². The Hall–Kier alpha value is -2.08. The number of benzene rings is 1. The monoisotopic (exact) mass is 240 g/mol. The maximum atomic E-state index is 12.4. The summed E-state index contributed by atoms with van der Waals surface area (Å²) in [5, 5.41) is 12.0. The summed E-state index contributed by atoms with van der Waals surface area (Å²) >= 11 is 0. The number of rotatable bonds is 3. The molecular weight excluding hydrogens is 224 g/mol. The summed E-state index contributed by atoms with van der Waals surface area (Å²) < 4.78 is 0. The Kier molecular flexibility index (Phi) is 2.74. The second kappa shape index (κ2) is 3.99. The first-order valence-corrected chi connectivity index (χ1v) is 5.91. The molecule has 0 fully saturated rings. The minimum atomic E-state index is -0.847. The van der Waals surface area contributed by atoms with E-state index >= 15 is 0 Å². The third-order valence-corrected chi connectivity index (χ3v) is 3.98. The molecule has 1 atom stereocenters. The molecule has 1 aromatic carbocycles. The number of nitrogens with one attached hydrogen (secondary N) is 1. The average Bonchev–Trinajstić information content (AvgIpc) is 2.64. The second-order valence-corrected chi connectivity index (χ2v) is 5.17. The van der Waals surface area contributed by atoms with Gasteiger partial charge in [0.15, 0.2) is 0 Å². The van der Waals surface area contributed by atoms with Gasteiger partial charge in [-0.25, -0.2) is 0 Å². The van der Waals surface area contributed by atoms with E-state index in [2.05, 4.69) is 18.0 Å². The van der Waals surface area contributed by atoms with Crippen molar-refractivity contribution >= 4 is 11.6 Å². The summed E-state index contributed by atoms with van der Waals surface area (Å²) in [6.07, 6.45) is 1.90. The Bertz CT molecular complexity index is 554. The zero-order valence-corrected chi connectivity index (χ0v) is 10.7. The van der Waals surface area contributed by atoms with E-state index in [1.165, 1.54) is 0 Å². The van der Waals surface area contributed by atoms with Crippen molar-refractivity contribution in [1.82, 2.24) is 0 Å². The molecule has 0 aromatic heterocycles. The highest BCUT2D eigenvalue weighted by molar-refractivity contribution is 6.07. The number of nitriles is 1. The van der Waals surface area contributed by atoms with Crippen LogP contribution in [0, 0.1) is 16.7 Å². The summed E-state index contributed by atoms with van der Waals surface area (Å²) in [6.45, 7) is 7.71. The molecule has 1 amide bonds. The predicted octanol–water partition coefficient (Wildman–Crippen LogP) is 3.00. The van der Waals surface area contributed by atoms with Crippen LogP contribution >= 0.6 is 0 Å². The molecule has 1 heterocycles. The number of hydrogen-bond acceptors (Lipinski definition) is 2. The number of nitrogens with zero attached hydrogens (tertiary/aromatic N) is 1. The van der Waals surface area contributed by atoms with Crippen LogP contribution in [0.15, 0.2) is 36.9 Å². The molecule has 1 aliphatic rings. The SMILES string of the molecule is C=CC(C)(C)[C@]1(CC#N)C(=O)Nc2ccccc21. The van der Waals surface area contributed by atoms with Crippen LogP contribution < -0.4 is 5.32 Å². The maximum Gasteiger partial charge on any atom is 0.237 e.